The average Bonchev–Trinajstić information content (AvgIpc) is 2.93. The SMILES string of the molecule is CC(=O)Nc1ccc(C)cc1S(=O)(=O)Nc1ccc(N2CCCN(C)CC2)cc1C(=O)O. The number of benzene rings is 2. The van der Waals surface area contributed by atoms with Crippen LogP contribution in [0.3, 0.4) is 0 Å². The van der Waals surface area contributed by atoms with Gasteiger partial charge in [0.05, 0.1) is 16.9 Å². The minimum atomic E-state index is -4.17. The number of aromatic carboxylic acids is 1. The normalized spacial score (nSPS) is 15.2. The topological polar surface area (TPSA) is 119 Å². The largest absolute Gasteiger partial charge is 0.478 e. The van der Waals surface area contributed by atoms with E-state index >= 15 is 0 Å². The van der Waals surface area contributed by atoms with Crippen LogP contribution >= 0.6 is 0 Å². The number of rotatable bonds is 6. The number of carboxylic acids is 1. The fourth-order valence-corrected chi connectivity index (χ4v) is 4.97. The number of carbonyl (C=O) groups is 2. The van der Waals surface area contributed by atoms with E-state index in [-0.39, 0.29) is 21.8 Å². The maximum absolute atomic E-state index is 13.1. The third-order valence-electron chi connectivity index (χ3n) is 5.30. The summed E-state index contributed by atoms with van der Waals surface area (Å²) in [4.78, 5) is 27.6. The van der Waals surface area contributed by atoms with Gasteiger partial charge in [-0.2, -0.15) is 0 Å². The van der Waals surface area contributed by atoms with Gasteiger partial charge in [-0.25, -0.2) is 13.2 Å². The number of nitrogens with one attached hydrogen (secondary N) is 2. The molecule has 172 valence electrons. The zero-order chi connectivity index (χ0) is 23.5. The highest BCUT2D eigenvalue weighted by Crippen LogP contribution is 2.29. The molecular formula is C22H28N4O5S. The van der Waals surface area contributed by atoms with E-state index in [1.165, 1.54) is 31.2 Å². The lowest BCUT2D eigenvalue weighted by Gasteiger charge is -2.24. The first-order chi connectivity index (χ1) is 15.1. The third-order valence-corrected chi connectivity index (χ3v) is 6.71. The first-order valence-corrected chi connectivity index (χ1v) is 11.8. The zero-order valence-corrected chi connectivity index (χ0v) is 19.2. The molecule has 10 heteroatoms. The van der Waals surface area contributed by atoms with Crippen LogP contribution in [0.25, 0.3) is 0 Å². The molecule has 0 saturated carbocycles. The summed E-state index contributed by atoms with van der Waals surface area (Å²) < 4.78 is 28.6. The summed E-state index contributed by atoms with van der Waals surface area (Å²) >= 11 is 0. The molecule has 2 aromatic rings. The van der Waals surface area contributed by atoms with Crippen LogP contribution in [0.2, 0.25) is 0 Å². The molecule has 3 N–H and O–H groups in total. The molecule has 1 saturated heterocycles. The Bertz CT molecular complexity index is 1130. The lowest BCUT2D eigenvalue weighted by molar-refractivity contribution is -0.114. The molecule has 0 atom stereocenters. The predicted octanol–water partition coefficient (Wildman–Crippen LogP) is 2.59. The summed E-state index contributed by atoms with van der Waals surface area (Å²) in [5.74, 6) is -1.65. The van der Waals surface area contributed by atoms with Crippen LogP contribution < -0.4 is 14.9 Å². The van der Waals surface area contributed by atoms with Crippen molar-refractivity contribution >= 4 is 39.0 Å². The summed E-state index contributed by atoms with van der Waals surface area (Å²) in [5, 5.41) is 12.3. The Morgan fingerprint density at radius 1 is 1.00 bits per heavy atom. The number of hydrogen-bond donors (Lipinski definition) is 3. The van der Waals surface area contributed by atoms with Gasteiger partial charge in [0.15, 0.2) is 0 Å². The van der Waals surface area contributed by atoms with Gasteiger partial charge in [-0.05, 0) is 62.8 Å². The zero-order valence-electron chi connectivity index (χ0n) is 18.4. The van der Waals surface area contributed by atoms with Gasteiger partial charge in [0, 0.05) is 32.2 Å². The van der Waals surface area contributed by atoms with Crippen molar-refractivity contribution in [3.8, 4) is 0 Å². The Morgan fingerprint density at radius 2 is 1.72 bits per heavy atom. The number of carbonyl (C=O) groups excluding carboxylic acids is 1. The van der Waals surface area contributed by atoms with Gasteiger partial charge in [-0.1, -0.05) is 6.07 Å². The summed E-state index contributed by atoms with van der Waals surface area (Å²) in [6.07, 6.45) is 0.951. The van der Waals surface area contributed by atoms with E-state index in [0.29, 0.717) is 5.56 Å². The minimum absolute atomic E-state index is 0.0385. The Labute approximate surface area is 188 Å². The van der Waals surface area contributed by atoms with E-state index in [2.05, 4.69) is 19.8 Å². The maximum atomic E-state index is 13.1. The maximum Gasteiger partial charge on any atom is 0.337 e. The number of hydrogen-bond acceptors (Lipinski definition) is 6. The lowest BCUT2D eigenvalue weighted by Crippen LogP contribution is -2.29. The van der Waals surface area contributed by atoms with Crippen LogP contribution in [0, 0.1) is 6.92 Å². The van der Waals surface area contributed by atoms with Gasteiger partial charge in [-0.3, -0.25) is 9.52 Å². The van der Waals surface area contributed by atoms with Crippen molar-refractivity contribution in [1.29, 1.82) is 0 Å². The van der Waals surface area contributed by atoms with Crippen LogP contribution in [-0.2, 0) is 14.8 Å². The van der Waals surface area contributed by atoms with Crippen molar-refractivity contribution in [1.82, 2.24) is 4.90 Å². The molecule has 0 unspecified atom stereocenters. The highest BCUT2D eigenvalue weighted by molar-refractivity contribution is 7.93. The highest BCUT2D eigenvalue weighted by Gasteiger charge is 2.23. The number of nitrogens with zero attached hydrogens (tertiary/aromatic N) is 2. The predicted molar refractivity (Wildman–Crippen MR) is 124 cm³/mol. The Hall–Kier alpha value is -3.11. The number of aryl methyl sites for hydroxylation is 1. The Balaban J connectivity index is 1.95. The average molecular weight is 461 g/mol. The van der Waals surface area contributed by atoms with E-state index in [1.807, 2.05) is 7.05 Å². The molecule has 3 rings (SSSR count). The molecule has 0 bridgehead atoms. The summed E-state index contributed by atoms with van der Waals surface area (Å²) in [6, 6.07) is 9.30. The van der Waals surface area contributed by atoms with E-state index in [1.54, 1.807) is 19.1 Å². The molecule has 0 radical (unpaired) electrons. The molecule has 1 aliphatic heterocycles. The molecule has 9 nitrogen and oxygen atoms in total. The summed E-state index contributed by atoms with van der Waals surface area (Å²) in [7, 11) is -2.12. The van der Waals surface area contributed by atoms with Gasteiger partial charge in [0.1, 0.15) is 4.90 Å². The van der Waals surface area contributed by atoms with Gasteiger partial charge in [0.25, 0.3) is 10.0 Å². The van der Waals surface area contributed by atoms with Crippen molar-refractivity contribution < 1.29 is 23.1 Å². The quantitative estimate of drug-likeness (QED) is 0.606. The van der Waals surface area contributed by atoms with Crippen LogP contribution in [0.4, 0.5) is 17.1 Å². The van der Waals surface area contributed by atoms with E-state index in [9.17, 15) is 23.1 Å². The van der Waals surface area contributed by atoms with E-state index < -0.39 is 21.9 Å². The fraction of sp³-hybridized carbons (Fsp3) is 0.364. The Kier molecular flexibility index (Phi) is 7.05. The highest BCUT2D eigenvalue weighted by atomic mass is 32.2. The van der Waals surface area contributed by atoms with Crippen molar-refractivity contribution in [2.24, 2.45) is 0 Å². The third kappa shape index (κ3) is 5.57. The van der Waals surface area contributed by atoms with Crippen molar-refractivity contribution in [2.45, 2.75) is 25.2 Å². The molecule has 0 aliphatic carbocycles. The standard InChI is InChI=1S/C22H28N4O5S/c1-15-5-7-20(23-16(2)27)21(13-15)32(30,31)24-19-8-6-17(14-18(19)22(28)29)26-10-4-9-25(3)11-12-26/h5-8,13-14,24H,4,9-12H2,1-3H3,(H,23,27)(H,28,29). The first-order valence-electron chi connectivity index (χ1n) is 10.3. The molecule has 1 fully saturated rings. The molecule has 1 heterocycles. The van der Waals surface area contributed by atoms with Crippen molar-refractivity contribution in [2.75, 3.05) is 48.2 Å². The molecule has 0 spiro atoms. The van der Waals surface area contributed by atoms with Gasteiger partial charge >= 0.3 is 5.97 Å². The summed E-state index contributed by atoms with van der Waals surface area (Å²) in [6.45, 7) is 6.38. The lowest BCUT2D eigenvalue weighted by atomic mass is 10.1. The monoisotopic (exact) mass is 460 g/mol. The number of amides is 1. The van der Waals surface area contributed by atoms with Crippen LogP contribution in [0.5, 0.6) is 0 Å². The second-order valence-corrected chi connectivity index (χ2v) is 9.62. The molecular weight excluding hydrogens is 432 g/mol. The van der Waals surface area contributed by atoms with Crippen LogP contribution in [0.1, 0.15) is 29.3 Å². The number of sulfonamides is 1. The fourth-order valence-electron chi connectivity index (χ4n) is 3.64. The van der Waals surface area contributed by atoms with E-state index in [0.717, 1.165) is 38.3 Å². The molecule has 1 aliphatic rings. The van der Waals surface area contributed by atoms with Crippen LogP contribution in [0.15, 0.2) is 41.3 Å². The van der Waals surface area contributed by atoms with Crippen molar-refractivity contribution in [3.05, 3.63) is 47.5 Å². The molecule has 0 aromatic heterocycles. The Morgan fingerprint density at radius 3 is 2.41 bits per heavy atom. The second kappa shape index (κ2) is 9.58. The number of carboxylic acid groups (broad SMARTS) is 1. The summed E-state index contributed by atoms with van der Waals surface area (Å²) in [5.41, 5.74) is 1.35. The van der Waals surface area contributed by atoms with Gasteiger partial charge in [-0.15, -0.1) is 0 Å². The minimum Gasteiger partial charge on any atom is -0.478 e. The molecule has 2 aromatic carbocycles. The number of likely N-dealkylation sites (N-methyl/N-ethyl adjacent to an activating group) is 1. The van der Waals surface area contributed by atoms with Crippen LogP contribution in [-0.4, -0.2) is 63.5 Å². The second-order valence-electron chi connectivity index (χ2n) is 7.97. The molecule has 32 heavy (non-hydrogen) atoms. The van der Waals surface area contributed by atoms with Crippen molar-refractivity contribution in [3.63, 3.8) is 0 Å². The number of anilines is 3. The molecule has 1 amide bonds. The van der Waals surface area contributed by atoms with Gasteiger partial charge < -0.3 is 20.2 Å². The van der Waals surface area contributed by atoms with E-state index in [4.69, 9.17) is 0 Å². The smallest absolute Gasteiger partial charge is 0.337 e. The van der Waals surface area contributed by atoms with Gasteiger partial charge in [0.2, 0.25) is 5.91 Å². The first kappa shape index (κ1) is 23.6.